The van der Waals surface area contributed by atoms with Crippen LogP contribution in [0.1, 0.15) is 36.7 Å². The van der Waals surface area contributed by atoms with Crippen LogP contribution in [0.25, 0.3) is 5.70 Å². The minimum atomic E-state index is -0.850. The lowest BCUT2D eigenvalue weighted by molar-refractivity contribution is 0.100. The molecule has 0 bridgehead atoms. The van der Waals surface area contributed by atoms with Crippen LogP contribution in [0.2, 0.25) is 0 Å². The van der Waals surface area contributed by atoms with Crippen LogP contribution < -0.4 is 5.73 Å². The topological polar surface area (TPSA) is 94.1 Å². The van der Waals surface area contributed by atoms with Crippen molar-refractivity contribution in [3.8, 4) is 0 Å². The number of carbonyl (C=O) groups excluding carboxylic acids is 1. The fourth-order valence-corrected chi connectivity index (χ4v) is 2.72. The standard InChI is InChI=1S/C22H24ClN3O3/c1-7-13(3)20(19(23)8-2)16(6)29-22(14(4)24)25-15(5)17-9-11-18(12-10-17)21(27)26-28/h7-12,16H,1,4-5,24H2,2-3,6H3/b19-8-,20-13-,25-22?. The molecule has 0 aliphatic carbocycles. The summed E-state index contributed by atoms with van der Waals surface area (Å²) in [7, 11) is 0. The molecule has 0 aliphatic rings. The molecule has 0 spiro atoms. The molecule has 1 unspecified atom stereocenters. The summed E-state index contributed by atoms with van der Waals surface area (Å²) in [5.41, 5.74) is 8.66. The molecule has 0 saturated carbocycles. The number of ether oxygens (including phenoxy) is 1. The average Bonchev–Trinajstić information content (AvgIpc) is 2.72. The normalized spacial score (nSPS) is 13.8. The Morgan fingerprint density at radius 2 is 1.79 bits per heavy atom. The molecule has 29 heavy (non-hydrogen) atoms. The number of nitrogens with two attached hydrogens (primary N) is 1. The van der Waals surface area contributed by atoms with Crippen LogP contribution in [0.5, 0.6) is 0 Å². The Balaban J connectivity index is 3.19. The van der Waals surface area contributed by atoms with Gasteiger partial charge in [0, 0.05) is 21.3 Å². The first-order chi connectivity index (χ1) is 13.7. The zero-order valence-electron chi connectivity index (χ0n) is 16.7. The van der Waals surface area contributed by atoms with Crippen LogP contribution in [0.3, 0.4) is 0 Å². The van der Waals surface area contributed by atoms with E-state index < -0.39 is 12.0 Å². The highest BCUT2D eigenvalue weighted by molar-refractivity contribution is 6.32. The lowest BCUT2D eigenvalue weighted by Crippen LogP contribution is -2.22. The van der Waals surface area contributed by atoms with Crippen molar-refractivity contribution in [2.45, 2.75) is 26.9 Å². The van der Waals surface area contributed by atoms with Gasteiger partial charge < -0.3 is 10.5 Å². The number of rotatable bonds is 8. The maximum absolute atomic E-state index is 11.3. The highest BCUT2D eigenvalue weighted by atomic mass is 35.5. The second kappa shape index (κ2) is 10.9. The summed E-state index contributed by atoms with van der Waals surface area (Å²) in [6.07, 6.45) is 2.96. The Hall–Kier alpha value is -3.25. The molecule has 152 valence electrons. The monoisotopic (exact) mass is 413 g/mol. The molecule has 1 amide bonds. The highest BCUT2D eigenvalue weighted by Gasteiger charge is 2.19. The van der Waals surface area contributed by atoms with Gasteiger partial charge in [-0.3, -0.25) is 4.79 Å². The number of aliphatic imine (C=N–C) groups is 1. The minimum absolute atomic E-state index is 0.0899. The number of halogens is 1. The van der Waals surface area contributed by atoms with Crippen LogP contribution in [-0.4, -0.2) is 17.9 Å². The van der Waals surface area contributed by atoms with E-state index in [1.807, 2.05) is 20.8 Å². The van der Waals surface area contributed by atoms with E-state index in [9.17, 15) is 9.70 Å². The molecule has 1 aromatic rings. The average molecular weight is 414 g/mol. The van der Waals surface area contributed by atoms with Crippen LogP contribution in [0.15, 0.2) is 88.2 Å². The molecular weight excluding hydrogens is 390 g/mol. The van der Waals surface area contributed by atoms with Crippen molar-refractivity contribution >= 4 is 29.1 Å². The Morgan fingerprint density at radius 3 is 2.24 bits per heavy atom. The largest absolute Gasteiger partial charge is 0.468 e. The Morgan fingerprint density at radius 1 is 1.24 bits per heavy atom. The lowest BCUT2D eigenvalue weighted by Gasteiger charge is -2.21. The van der Waals surface area contributed by atoms with E-state index in [2.05, 4.69) is 29.9 Å². The molecular formula is C22H24ClN3O3. The zero-order valence-corrected chi connectivity index (χ0v) is 17.5. The smallest absolute Gasteiger partial charge is 0.316 e. The van der Waals surface area contributed by atoms with Gasteiger partial charge in [0.1, 0.15) is 6.10 Å². The first kappa shape index (κ1) is 23.8. The fraction of sp³-hybridized carbons (Fsp3) is 0.182. The molecule has 0 radical (unpaired) electrons. The molecule has 1 rings (SSSR count). The van der Waals surface area contributed by atoms with Crippen molar-refractivity contribution in [3.05, 3.63) is 94.1 Å². The van der Waals surface area contributed by atoms with Gasteiger partial charge in [0.15, 0.2) is 0 Å². The van der Waals surface area contributed by atoms with Gasteiger partial charge in [0.25, 0.3) is 0 Å². The number of nitrogens with zero attached hydrogens (tertiary/aromatic N) is 2. The van der Waals surface area contributed by atoms with E-state index in [1.54, 1.807) is 24.3 Å². The summed E-state index contributed by atoms with van der Waals surface area (Å²) >= 11 is 6.32. The number of hydrogen-bond donors (Lipinski definition) is 1. The SMILES string of the molecule is C=C/C(C)=C(\C(Cl)=C\C)C(C)OC(=NC(=C)c1ccc(C(=O)N=O)cc1)C(=C)N. The third-order valence-electron chi connectivity index (χ3n) is 4.00. The Bertz CT molecular complexity index is 925. The molecule has 7 heteroatoms. The van der Waals surface area contributed by atoms with E-state index in [1.165, 1.54) is 12.1 Å². The first-order valence-electron chi connectivity index (χ1n) is 8.68. The van der Waals surface area contributed by atoms with Crippen molar-refractivity contribution in [2.75, 3.05) is 0 Å². The van der Waals surface area contributed by atoms with E-state index >= 15 is 0 Å². The number of allylic oxidation sites excluding steroid dienone is 3. The van der Waals surface area contributed by atoms with Gasteiger partial charge in [0.05, 0.1) is 11.4 Å². The molecule has 1 atom stereocenters. The summed E-state index contributed by atoms with van der Waals surface area (Å²) in [6, 6.07) is 6.10. The molecule has 6 nitrogen and oxygen atoms in total. The second-order valence-corrected chi connectivity index (χ2v) is 6.47. The maximum Gasteiger partial charge on any atom is 0.316 e. The van der Waals surface area contributed by atoms with E-state index in [4.69, 9.17) is 22.1 Å². The van der Waals surface area contributed by atoms with Crippen LogP contribution >= 0.6 is 11.6 Å². The third kappa shape index (κ3) is 6.40. The van der Waals surface area contributed by atoms with E-state index in [-0.39, 0.29) is 17.2 Å². The van der Waals surface area contributed by atoms with Crippen molar-refractivity contribution in [1.82, 2.24) is 0 Å². The number of benzene rings is 1. The van der Waals surface area contributed by atoms with Crippen LogP contribution in [0, 0.1) is 4.91 Å². The van der Waals surface area contributed by atoms with Crippen molar-refractivity contribution < 1.29 is 9.53 Å². The molecule has 0 aliphatic heterocycles. The number of amides is 1. The molecule has 0 heterocycles. The first-order valence-corrected chi connectivity index (χ1v) is 9.06. The molecule has 0 aromatic heterocycles. The van der Waals surface area contributed by atoms with E-state index in [0.717, 1.165) is 11.1 Å². The van der Waals surface area contributed by atoms with Crippen molar-refractivity contribution in [3.63, 3.8) is 0 Å². The van der Waals surface area contributed by atoms with Gasteiger partial charge in [-0.2, -0.15) is 0 Å². The summed E-state index contributed by atoms with van der Waals surface area (Å²) in [6.45, 7) is 16.9. The van der Waals surface area contributed by atoms with E-state index in [0.29, 0.717) is 16.3 Å². The summed E-state index contributed by atoms with van der Waals surface area (Å²) < 4.78 is 5.91. The number of nitroso groups, excluding NO2 is 1. The quantitative estimate of drug-likeness (QED) is 0.264. The van der Waals surface area contributed by atoms with Gasteiger partial charge in [-0.25, -0.2) is 4.99 Å². The summed E-state index contributed by atoms with van der Waals surface area (Å²) in [5, 5.41) is 2.91. The van der Waals surface area contributed by atoms with Crippen LogP contribution in [0.4, 0.5) is 0 Å². The van der Waals surface area contributed by atoms with Crippen molar-refractivity contribution in [1.29, 1.82) is 0 Å². The molecule has 0 fully saturated rings. The van der Waals surface area contributed by atoms with Gasteiger partial charge in [-0.15, -0.1) is 4.91 Å². The van der Waals surface area contributed by atoms with Gasteiger partial charge >= 0.3 is 5.91 Å². The van der Waals surface area contributed by atoms with Crippen molar-refractivity contribution in [2.24, 2.45) is 15.9 Å². The number of carbonyl (C=O) groups is 1. The Kier molecular flexibility index (Phi) is 8.96. The molecule has 1 aromatic carbocycles. The molecule has 0 saturated heterocycles. The predicted octanol–water partition coefficient (Wildman–Crippen LogP) is 5.49. The maximum atomic E-state index is 11.3. The lowest BCUT2D eigenvalue weighted by atomic mass is 10.0. The van der Waals surface area contributed by atoms with Crippen LogP contribution in [-0.2, 0) is 4.74 Å². The zero-order chi connectivity index (χ0) is 22.1. The summed E-state index contributed by atoms with van der Waals surface area (Å²) in [5.74, 6) is -0.760. The number of hydrogen-bond acceptors (Lipinski definition) is 5. The molecule has 2 N–H and O–H groups in total. The minimum Gasteiger partial charge on any atom is -0.468 e. The predicted molar refractivity (Wildman–Crippen MR) is 119 cm³/mol. The van der Waals surface area contributed by atoms with Gasteiger partial charge in [-0.05, 0) is 44.0 Å². The van der Waals surface area contributed by atoms with Gasteiger partial charge in [0.2, 0.25) is 5.90 Å². The van der Waals surface area contributed by atoms with Gasteiger partial charge in [-0.1, -0.05) is 55.6 Å². The second-order valence-electron chi connectivity index (χ2n) is 6.06. The Labute approximate surface area is 175 Å². The third-order valence-corrected chi connectivity index (χ3v) is 4.42. The fourth-order valence-electron chi connectivity index (χ4n) is 2.41. The highest BCUT2D eigenvalue weighted by Crippen LogP contribution is 2.26. The summed E-state index contributed by atoms with van der Waals surface area (Å²) in [4.78, 5) is 26.0.